The van der Waals surface area contributed by atoms with Gasteiger partial charge in [0.1, 0.15) is 5.82 Å². The summed E-state index contributed by atoms with van der Waals surface area (Å²) in [5.74, 6) is -0.171. The maximum absolute atomic E-state index is 15.3. The van der Waals surface area contributed by atoms with Crippen molar-refractivity contribution >= 4 is 22.5 Å². The van der Waals surface area contributed by atoms with Crippen molar-refractivity contribution in [1.29, 1.82) is 0 Å². The van der Waals surface area contributed by atoms with Gasteiger partial charge in [0, 0.05) is 62.5 Å². The highest BCUT2D eigenvalue weighted by Gasteiger charge is 2.44. The molecule has 0 spiro atoms. The molecule has 0 unspecified atom stereocenters. The summed E-state index contributed by atoms with van der Waals surface area (Å²) in [5, 5.41) is 4.68. The molecule has 1 aromatic carbocycles. The number of fused-ring (bicyclic) bond motifs is 1. The number of carbonyl (C=O) groups is 1. The fourth-order valence-corrected chi connectivity index (χ4v) is 4.36. The average Bonchev–Trinajstić information content (AvgIpc) is 3.53. The van der Waals surface area contributed by atoms with E-state index in [0.29, 0.717) is 24.9 Å². The second-order valence-corrected chi connectivity index (χ2v) is 8.80. The molecule has 0 radical (unpaired) electrons. The van der Waals surface area contributed by atoms with Crippen molar-refractivity contribution in [2.75, 3.05) is 18.4 Å². The van der Waals surface area contributed by atoms with Crippen LogP contribution < -0.4 is 5.32 Å². The maximum Gasteiger partial charge on any atom is 0.263 e. The molecule has 5 rings (SSSR count). The lowest BCUT2D eigenvalue weighted by Gasteiger charge is -2.35. The van der Waals surface area contributed by atoms with Crippen LogP contribution >= 0.6 is 0 Å². The second-order valence-electron chi connectivity index (χ2n) is 8.80. The molecule has 2 fully saturated rings. The van der Waals surface area contributed by atoms with Crippen molar-refractivity contribution in [3.8, 4) is 11.1 Å². The van der Waals surface area contributed by atoms with E-state index < -0.39 is 11.6 Å². The van der Waals surface area contributed by atoms with Gasteiger partial charge in [-0.25, -0.2) is 9.37 Å². The van der Waals surface area contributed by atoms with Crippen molar-refractivity contribution in [1.82, 2.24) is 14.5 Å². The molecular weight excluding hydrogens is 379 g/mol. The third-order valence-corrected chi connectivity index (χ3v) is 6.61. The Morgan fingerprint density at radius 2 is 1.90 bits per heavy atom. The molecule has 1 aliphatic heterocycles. The minimum absolute atomic E-state index is 0.250. The molecule has 1 N–H and O–H groups in total. The largest absolute Gasteiger partial charge is 0.354 e. The summed E-state index contributed by atoms with van der Waals surface area (Å²) in [6.45, 7) is 3.38. The number of amides is 1. The summed E-state index contributed by atoms with van der Waals surface area (Å²) >= 11 is 0. The van der Waals surface area contributed by atoms with Crippen LogP contribution in [0, 0.1) is 6.92 Å². The SMILES string of the molecule is Cc1cc(-c2ccc3cnc(NC(=O)C4(F)CCN(C5CC5)CC4)cc3c2)cn1C. The van der Waals surface area contributed by atoms with Gasteiger partial charge in [-0.15, -0.1) is 0 Å². The zero-order chi connectivity index (χ0) is 20.9. The quantitative estimate of drug-likeness (QED) is 0.696. The topological polar surface area (TPSA) is 50.2 Å². The third kappa shape index (κ3) is 3.60. The van der Waals surface area contributed by atoms with Gasteiger partial charge in [-0.05, 0) is 54.5 Å². The van der Waals surface area contributed by atoms with E-state index >= 15 is 4.39 Å². The first-order valence-electron chi connectivity index (χ1n) is 10.7. The number of pyridine rings is 1. The smallest absolute Gasteiger partial charge is 0.263 e. The van der Waals surface area contributed by atoms with E-state index in [2.05, 4.69) is 51.1 Å². The van der Waals surface area contributed by atoms with Crippen LogP contribution in [0.4, 0.5) is 10.2 Å². The Kier molecular flexibility index (Phi) is 4.62. The molecule has 156 valence electrons. The second kappa shape index (κ2) is 7.20. The monoisotopic (exact) mass is 406 g/mol. The minimum atomic E-state index is -1.81. The highest BCUT2D eigenvalue weighted by atomic mass is 19.1. The van der Waals surface area contributed by atoms with E-state index in [1.165, 1.54) is 18.5 Å². The standard InChI is InChI=1S/C24H27FN4O/c1-16-11-20(15-28(16)2)17-3-4-18-14-26-22(13-19(18)12-17)27-23(30)24(25)7-9-29(10-8-24)21-5-6-21/h3-4,11-15,21H,5-10H2,1-2H3,(H,26,27,30). The van der Waals surface area contributed by atoms with Gasteiger partial charge in [0.05, 0.1) is 0 Å². The van der Waals surface area contributed by atoms with Crippen LogP contribution in [0.1, 0.15) is 31.4 Å². The number of rotatable bonds is 4. The molecule has 6 heteroatoms. The van der Waals surface area contributed by atoms with Crippen LogP contribution in [0.3, 0.4) is 0 Å². The average molecular weight is 407 g/mol. The molecule has 2 aromatic heterocycles. The van der Waals surface area contributed by atoms with Crippen LogP contribution in [-0.2, 0) is 11.8 Å². The zero-order valence-electron chi connectivity index (χ0n) is 17.5. The summed E-state index contributed by atoms with van der Waals surface area (Å²) < 4.78 is 17.4. The van der Waals surface area contributed by atoms with Crippen LogP contribution in [-0.4, -0.2) is 45.2 Å². The molecule has 3 aromatic rings. The van der Waals surface area contributed by atoms with Crippen LogP contribution in [0.5, 0.6) is 0 Å². The van der Waals surface area contributed by atoms with Gasteiger partial charge in [0.15, 0.2) is 5.67 Å². The Bertz CT molecular complexity index is 1090. The Hall–Kier alpha value is -2.73. The summed E-state index contributed by atoms with van der Waals surface area (Å²) in [6, 6.07) is 10.8. The molecule has 0 atom stereocenters. The Labute approximate surface area is 175 Å². The molecule has 1 saturated carbocycles. The molecule has 5 nitrogen and oxygen atoms in total. The Morgan fingerprint density at radius 3 is 2.57 bits per heavy atom. The van der Waals surface area contributed by atoms with Gasteiger partial charge in [-0.1, -0.05) is 12.1 Å². The number of aryl methyl sites for hydroxylation is 2. The first-order chi connectivity index (χ1) is 14.4. The molecule has 1 aliphatic carbocycles. The van der Waals surface area contributed by atoms with Crippen LogP contribution in [0.15, 0.2) is 42.7 Å². The van der Waals surface area contributed by atoms with Crippen molar-refractivity contribution in [2.24, 2.45) is 7.05 Å². The van der Waals surface area contributed by atoms with E-state index in [0.717, 1.165) is 21.9 Å². The lowest BCUT2D eigenvalue weighted by atomic mass is 9.92. The fraction of sp³-hybridized carbons (Fsp3) is 0.417. The summed E-state index contributed by atoms with van der Waals surface area (Å²) in [5.41, 5.74) is 1.62. The normalized spacial score (nSPS) is 19.2. The first kappa shape index (κ1) is 19.2. The molecule has 0 bridgehead atoms. The van der Waals surface area contributed by atoms with Crippen molar-refractivity contribution in [3.63, 3.8) is 0 Å². The number of carbonyl (C=O) groups excluding carboxylic acids is 1. The van der Waals surface area contributed by atoms with Gasteiger partial charge in [0.2, 0.25) is 0 Å². The van der Waals surface area contributed by atoms with Gasteiger partial charge >= 0.3 is 0 Å². The molecular formula is C24H27FN4O. The predicted octanol–water partition coefficient (Wildman–Crippen LogP) is 4.45. The number of piperidine rings is 1. The number of halogens is 1. The number of likely N-dealkylation sites (tertiary alicyclic amines) is 1. The van der Waals surface area contributed by atoms with E-state index in [-0.39, 0.29) is 12.8 Å². The lowest BCUT2D eigenvalue weighted by molar-refractivity contribution is -0.130. The molecule has 2 aliphatic rings. The predicted molar refractivity (Wildman–Crippen MR) is 117 cm³/mol. The number of hydrogen-bond acceptors (Lipinski definition) is 3. The van der Waals surface area contributed by atoms with Crippen LogP contribution in [0.2, 0.25) is 0 Å². The number of nitrogens with zero attached hydrogens (tertiary/aromatic N) is 3. The number of alkyl halides is 1. The number of benzene rings is 1. The molecule has 1 saturated heterocycles. The first-order valence-corrected chi connectivity index (χ1v) is 10.7. The molecule has 1 amide bonds. The summed E-state index contributed by atoms with van der Waals surface area (Å²) in [6.07, 6.45) is 6.74. The third-order valence-electron chi connectivity index (χ3n) is 6.61. The Balaban J connectivity index is 1.34. The number of hydrogen-bond donors (Lipinski definition) is 1. The Morgan fingerprint density at radius 1 is 1.13 bits per heavy atom. The van der Waals surface area contributed by atoms with Gasteiger partial charge in [0.25, 0.3) is 5.91 Å². The zero-order valence-corrected chi connectivity index (χ0v) is 17.5. The molecule has 30 heavy (non-hydrogen) atoms. The summed E-state index contributed by atoms with van der Waals surface area (Å²) in [4.78, 5) is 19.3. The fourth-order valence-electron chi connectivity index (χ4n) is 4.36. The van der Waals surface area contributed by atoms with Crippen molar-refractivity contribution in [3.05, 3.63) is 48.4 Å². The number of anilines is 1. The van der Waals surface area contributed by atoms with Gasteiger partial charge < -0.3 is 14.8 Å². The van der Waals surface area contributed by atoms with E-state index in [1.807, 2.05) is 19.2 Å². The van der Waals surface area contributed by atoms with E-state index in [9.17, 15) is 4.79 Å². The van der Waals surface area contributed by atoms with Gasteiger partial charge in [-0.2, -0.15) is 0 Å². The molecule has 3 heterocycles. The van der Waals surface area contributed by atoms with E-state index in [4.69, 9.17) is 0 Å². The maximum atomic E-state index is 15.3. The van der Waals surface area contributed by atoms with Crippen LogP contribution in [0.25, 0.3) is 21.9 Å². The highest BCUT2D eigenvalue weighted by molar-refractivity contribution is 5.98. The number of aromatic nitrogens is 2. The van der Waals surface area contributed by atoms with Crippen molar-refractivity contribution in [2.45, 2.75) is 44.3 Å². The van der Waals surface area contributed by atoms with Gasteiger partial charge in [-0.3, -0.25) is 4.79 Å². The van der Waals surface area contributed by atoms with Crippen molar-refractivity contribution < 1.29 is 9.18 Å². The lowest BCUT2D eigenvalue weighted by Crippen LogP contribution is -2.49. The summed E-state index contributed by atoms with van der Waals surface area (Å²) in [7, 11) is 2.03. The number of nitrogens with one attached hydrogen (secondary N) is 1. The van der Waals surface area contributed by atoms with E-state index in [1.54, 1.807) is 6.20 Å². The highest BCUT2D eigenvalue weighted by Crippen LogP contribution is 2.35. The minimum Gasteiger partial charge on any atom is -0.354 e.